The first kappa shape index (κ1) is 18.8. The van der Waals surface area contributed by atoms with Crippen LogP contribution in [0.25, 0.3) is 0 Å². The van der Waals surface area contributed by atoms with Crippen LogP contribution in [0.15, 0.2) is 42.5 Å². The summed E-state index contributed by atoms with van der Waals surface area (Å²) in [5, 5.41) is 2.84. The van der Waals surface area contributed by atoms with Crippen LogP contribution in [0.2, 0.25) is 0 Å². The zero-order valence-electron chi connectivity index (χ0n) is 15.5. The van der Waals surface area contributed by atoms with E-state index in [0.717, 1.165) is 25.7 Å². The van der Waals surface area contributed by atoms with E-state index in [1.807, 2.05) is 0 Å². The molecule has 6 heteroatoms. The summed E-state index contributed by atoms with van der Waals surface area (Å²) in [4.78, 5) is 24.7. The molecule has 1 aliphatic rings. The fourth-order valence-corrected chi connectivity index (χ4v) is 3.17. The molecule has 1 N–H and O–H groups in total. The third-order valence-electron chi connectivity index (χ3n) is 4.61. The molecule has 0 aromatic heterocycles. The van der Waals surface area contributed by atoms with Gasteiger partial charge in [0, 0.05) is 6.07 Å². The summed E-state index contributed by atoms with van der Waals surface area (Å²) in [6.07, 6.45) is 4.41. The lowest BCUT2D eigenvalue weighted by molar-refractivity contribution is 0.0597. The van der Waals surface area contributed by atoms with Crippen molar-refractivity contribution in [2.45, 2.75) is 31.8 Å². The van der Waals surface area contributed by atoms with Crippen LogP contribution >= 0.6 is 0 Å². The summed E-state index contributed by atoms with van der Waals surface area (Å²) in [5.74, 6) is 0.247. The van der Waals surface area contributed by atoms with E-state index in [2.05, 4.69) is 5.32 Å². The predicted octanol–water partition coefficient (Wildman–Crippen LogP) is 4.06. The molecule has 1 amide bonds. The van der Waals surface area contributed by atoms with Crippen molar-refractivity contribution >= 4 is 17.6 Å². The highest BCUT2D eigenvalue weighted by Gasteiger charge is 2.21. The summed E-state index contributed by atoms with van der Waals surface area (Å²) in [6, 6.07) is 11.8. The second-order valence-corrected chi connectivity index (χ2v) is 6.38. The summed E-state index contributed by atoms with van der Waals surface area (Å²) in [6.45, 7) is 0. The molecule has 0 unspecified atom stereocenters. The Hall–Kier alpha value is -3.02. The molecule has 0 heterocycles. The third kappa shape index (κ3) is 4.39. The van der Waals surface area contributed by atoms with Crippen molar-refractivity contribution in [2.75, 3.05) is 19.5 Å². The highest BCUT2D eigenvalue weighted by molar-refractivity contribution is 6.11. The maximum absolute atomic E-state index is 12.8. The molecule has 0 aliphatic heterocycles. The molecular formula is C21H23NO5. The van der Waals surface area contributed by atoms with Crippen LogP contribution in [0.4, 0.5) is 5.69 Å². The Bertz CT molecular complexity index is 827. The zero-order valence-corrected chi connectivity index (χ0v) is 15.5. The normalized spacial score (nSPS) is 13.9. The minimum atomic E-state index is -0.557. The number of nitrogens with one attached hydrogen (secondary N) is 1. The molecule has 27 heavy (non-hydrogen) atoms. The first-order valence-electron chi connectivity index (χ1n) is 8.95. The van der Waals surface area contributed by atoms with Crippen LogP contribution in [0.5, 0.6) is 11.5 Å². The van der Waals surface area contributed by atoms with Crippen molar-refractivity contribution in [3.05, 3.63) is 53.6 Å². The molecule has 1 saturated carbocycles. The summed E-state index contributed by atoms with van der Waals surface area (Å²) >= 11 is 0. The van der Waals surface area contributed by atoms with Gasteiger partial charge in [-0.15, -0.1) is 0 Å². The number of hydrogen-bond acceptors (Lipinski definition) is 5. The summed E-state index contributed by atoms with van der Waals surface area (Å²) in [5.41, 5.74) is 0.989. The largest absolute Gasteiger partial charge is 0.497 e. The first-order chi connectivity index (χ1) is 13.1. The Labute approximate surface area is 158 Å². The molecular weight excluding hydrogens is 346 g/mol. The van der Waals surface area contributed by atoms with E-state index in [0.29, 0.717) is 17.2 Å². The smallest absolute Gasteiger partial charge is 0.338 e. The van der Waals surface area contributed by atoms with Crippen LogP contribution in [0.3, 0.4) is 0 Å². The van der Waals surface area contributed by atoms with Gasteiger partial charge in [0.25, 0.3) is 5.91 Å². The lowest BCUT2D eigenvalue weighted by Crippen LogP contribution is -2.19. The van der Waals surface area contributed by atoms with E-state index in [1.54, 1.807) is 49.6 Å². The average Bonchev–Trinajstić information content (AvgIpc) is 3.21. The van der Waals surface area contributed by atoms with Crippen LogP contribution in [0.1, 0.15) is 46.4 Å². The molecule has 3 rings (SSSR count). The number of amides is 1. The SMILES string of the molecule is COC(=O)c1ccccc1C(=O)Nc1ccc(OC)cc1OC1CCCC1. The second kappa shape index (κ2) is 8.58. The fourth-order valence-electron chi connectivity index (χ4n) is 3.17. The quantitative estimate of drug-likeness (QED) is 0.778. The molecule has 2 aromatic rings. The van der Waals surface area contributed by atoms with E-state index < -0.39 is 11.9 Å². The van der Waals surface area contributed by atoms with E-state index in [4.69, 9.17) is 14.2 Å². The van der Waals surface area contributed by atoms with Crippen LogP contribution in [-0.4, -0.2) is 32.2 Å². The maximum Gasteiger partial charge on any atom is 0.338 e. The number of esters is 1. The molecule has 1 fully saturated rings. The van der Waals surface area contributed by atoms with Crippen molar-refractivity contribution in [3.63, 3.8) is 0 Å². The molecule has 1 aliphatic carbocycles. The van der Waals surface area contributed by atoms with Gasteiger partial charge in [0.05, 0.1) is 37.1 Å². The monoisotopic (exact) mass is 369 g/mol. The highest BCUT2D eigenvalue weighted by Crippen LogP contribution is 2.33. The molecule has 0 saturated heterocycles. The van der Waals surface area contributed by atoms with E-state index in [1.165, 1.54) is 7.11 Å². The van der Waals surface area contributed by atoms with Crippen molar-refractivity contribution < 1.29 is 23.8 Å². The highest BCUT2D eigenvalue weighted by atomic mass is 16.5. The Morgan fingerprint density at radius 2 is 1.70 bits per heavy atom. The van der Waals surface area contributed by atoms with Gasteiger partial charge in [-0.3, -0.25) is 4.79 Å². The van der Waals surface area contributed by atoms with Crippen LogP contribution in [-0.2, 0) is 4.74 Å². The Morgan fingerprint density at radius 3 is 2.37 bits per heavy atom. The Morgan fingerprint density at radius 1 is 1.00 bits per heavy atom. The summed E-state index contributed by atoms with van der Waals surface area (Å²) < 4.78 is 16.1. The number of carbonyl (C=O) groups is 2. The Kier molecular flexibility index (Phi) is 5.96. The molecule has 0 radical (unpaired) electrons. The van der Waals surface area contributed by atoms with Gasteiger partial charge in [0.1, 0.15) is 11.5 Å². The topological polar surface area (TPSA) is 73.9 Å². The molecule has 0 bridgehead atoms. The molecule has 142 valence electrons. The van der Waals surface area contributed by atoms with Crippen molar-refractivity contribution in [2.24, 2.45) is 0 Å². The van der Waals surface area contributed by atoms with E-state index >= 15 is 0 Å². The zero-order chi connectivity index (χ0) is 19.2. The maximum atomic E-state index is 12.8. The Balaban J connectivity index is 1.86. The fraction of sp³-hybridized carbons (Fsp3) is 0.333. The van der Waals surface area contributed by atoms with Gasteiger partial charge in [0.15, 0.2) is 0 Å². The second-order valence-electron chi connectivity index (χ2n) is 6.38. The van der Waals surface area contributed by atoms with Crippen molar-refractivity contribution in [1.29, 1.82) is 0 Å². The van der Waals surface area contributed by atoms with Crippen molar-refractivity contribution in [1.82, 2.24) is 0 Å². The lowest BCUT2D eigenvalue weighted by atomic mass is 10.1. The van der Waals surface area contributed by atoms with Gasteiger partial charge in [0.2, 0.25) is 0 Å². The average molecular weight is 369 g/mol. The molecule has 0 atom stereocenters. The van der Waals surface area contributed by atoms with Gasteiger partial charge in [-0.1, -0.05) is 12.1 Å². The number of hydrogen-bond donors (Lipinski definition) is 1. The number of benzene rings is 2. The first-order valence-corrected chi connectivity index (χ1v) is 8.95. The minimum absolute atomic E-state index is 0.134. The van der Waals surface area contributed by atoms with Crippen LogP contribution in [0, 0.1) is 0 Å². The minimum Gasteiger partial charge on any atom is -0.497 e. The number of anilines is 1. The van der Waals surface area contributed by atoms with Gasteiger partial charge >= 0.3 is 5.97 Å². The van der Waals surface area contributed by atoms with Gasteiger partial charge in [-0.05, 0) is 49.9 Å². The standard InChI is InChI=1S/C21H23NO5/c1-25-15-11-12-18(19(13-15)27-14-7-3-4-8-14)22-20(23)16-9-5-6-10-17(16)21(24)26-2/h5-6,9-14H,3-4,7-8H2,1-2H3,(H,22,23). The summed E-state index contributed by atoms with van der Waals surface area (Å²) in [7, 11) is 2.87. The molecule has 6 nitrogen and oxygen atoms in total. The predicted molar refractivity (Wildman–Crippen MR) is 102 cm³/mol. The number of ether oxygens (including phenoxy) is 3. The van der Waals surface area contributed by atoms with Gasteiger partial charge < -0.3 is 19.5 Å². The number of methoxy groups -OCH3 is 2. The number of carbonyl (C=O) groups excluding carboxylic acids is 2. The van der Waals surface area contributed by atoms with Crippen LogP contribution < -0.4 is 14.8 Å². The van der Waals surface area contributed by atoms with Gasteiger partial charge in [-0.2, -0.15) is 0 Å². The van der Waals surface area contributed by atoms with E-state index in [-0.39, 0.29) is 17.2 Å². The van der Waals surface area contributed by atoms with E-state index in [9.17, 15) is 9.59 Å². The number of rotatable bonds is 6. The lowest BCUT2D eigenvalue weighted by Gasteiger charge is -2.18. The third-order valence-corrected chi connectivity index (χ3v) is 4.61. The van der Waals surface area contributed by atoms with Crippen molar-refractivity contribution in [3.8, 4) is 11.5 Å². The molecule has 0 spiro atoms. The molecule has 2 aromatic carbocycles. The van der Waals surface area contributed by atoms with Gasteiger partial charge in [-0.25, -0.2) is 4.79 Å².